The highest BCUT2D eigenvalue weighted by Gasteiger charge is 2.03. The van der Waals surface area contributed by atoms with Gasteiger partial charge in [0.1, 0.15) is 0 Å². The number of nitrogens with two attached hydrogens (primary N) is 1. The van der Waals surface area contributed by atoms with Crippen LogP contribution < -0.4 is 5.73 Å². The summed E-state index contributed by atoms with van der Waals surface area (Å²) in [6.07, 6.45) is 0. The Morgan fingerprint density at radius 1 is 1.12 bits per heavy atom. The normalized spacial score (nSPS) is 10.4. The zero-order valence-corrected chi connectivity index (χ0v) is 11.4. The van der Waals surface area contributed by atoms with Crippen LogP contribution in [0.5, 0.6) is 0 Å². The molecule has 2 N–H and O–H groups in total. The van der Waals surface area contributed by atoms with E-state index in [1.54, 1.807) is 11.8 Å². The van der Waals surface area contributed by atoms with Crippen LogP contribution in [0.2, 0.25) is 5.02 Å². The number of anilines is 1. The molecule has 82 valence electrons. The summed E-state index contributed by atoms with van der Waals surface area (Å²) in [5.41, 5.74) is 6.67. The van der Waals surface area contributed by atoms with E-state index in [0.29, 0.717) is 0 Å². The Morgan fingerprint density at radius 3 is 2.69 bits per heavy atom. The van der Waals surface area contributed by atoms with Crippen molar-refractivity contribution in [3.8, 4) is 0 Å². The van der Waals surface area contributed by atoms with Crippen LogP contribution in [0.3, 0.4) is 0 Å². The van der Waals surface area contributed by atoms with Crippen molar-refractivity contribution in [2.45, 2.75) is 9.79 Å². The van der Waals surface area contributed by atoms with Gasteiger partial charge < -0.3 is 5.73 Å². The first-order valence-corrected chi connectivity index (χ1v) is 6.62. The fourth-order valence-corrected chi connectivity index (χ4v) is 2.98. The number of hydrogen-bond acceptors (Lipinski definition) is 2. The largest absolute Gasteiger partial charge is 0.398 e. The Hall–Kier alpha value is -0.640. The van der Waals surface area contributed by atoms with Gasteiger partial charge in [-0.3, -0.25) is 0 Å². The molecule has 2 rings (SSSR count). The van der Waals surface area contributed by atoms with Crippen molar-refractivity contribution in [3.63, 3.8) is 0 Å². The molecular weight excluding hydrogens is 306 g/mol. The Labute approximate surface area is 112 Å². The van der Waals surface area contributed by atoms with Gasteiger partial charge in [-0.05, 0) is 36.4 Å². The van der Waals surface area contributed by atoms with Crippen LogP contribution in [0.4, 0.5) is 5.69 Å². The van der Waals surface area contributed by atoms with E-state index in [1.165, 1.54) is 0 Å². The molecule has 0 aliphatic carbocycles. The summed E-state index contributed by atoms with van der Waals surface area (Å²) in [6.45, 7) is 0. The molecule has 0 aromatic heterocycles. The molecule has 2 aromatic carbocycles. The third-order valence-corrected chi connectivity index (χ3v) is 3.79. The first-order chi connectivity index (χ1) is 7.65. The van der Waals surface area contributed by atoms with Crippen molar-refractivity contribution in [2.24, 2.45) is 0 Å². The molecule has 0 spiro atoms. The number of rotatable bonds is 2. The van der Waals surface area contributed by atoms with Crippen LogP contribution in [-0.4, -0.2) is 0 Å². The zero-order chi connectivity index (χ0) is 11.5. The third-order valence-electron chi connectivity index (χ3n) is 2.00. The second-order valence-electron chi connectivity index (χ2n) is 3.24. The highest BCUT2D eigenvalue weighted by molar-refractivity contribution is 9.10. The molecule has 0 heterocycles. The van der Waals surface area contributed by atoms with Crippen molar-refractivity contribution in [3.05, 3.63) is 52.0 Å². The molecule has 2 aromatic rings. The number of benzene rings is 2. The molecule has 0 radical (unpaired) electrons. The first kappa shape index (κ1) is 11.8. The fourth-order valence-electron chi connectivity index (χ4n) is 1.25. The second-order valence-corrected chi connectivity index (χ2v) is 5.71. The van der Waals surface area contributed by atoms with Crippen molar-refractivity contribution in [1.29, 1.82) is 0 Å². The Balaban J connectivity index is 2.30. The molecule has 1 nitrogen and oxygen atoms in total. The lowest BCUT2D eigenvalue weighted by atomic mass is 10.3. The van der Waals surface area contributed by atoms with Gasteiger partial charge in [0.25, 0.3) is 0 Å². The van der Waals surface area contributed by atoms with E-state index in [4.69, 9.17) is 17.3 Å². The summed E-state index contributed by atoms with van der Waals surface area (Å²) >= 11 is 11.0. The lowest BCUT2D eigenvalue weighted by Gasteiger charge is -2.06. The summed E-state index contributed by atoms with van der Waals surface area (Å²) in [7, 11) is 0. The number of hydrogen-bond donors (Lipinski definition) is 1. The van der Waals surface area contributed by atoms with E-state index in [1.807, 2.05) is 42.5 Å². The van der Waals surface area contributed by atoms with E-state index >= 15 is 0 Å². The number of halogens is 2. The number of nitrogen functional groups attached to an aromatic ring is 1. The maximum Gasteiger partial charge on any atom is 0.0456 e. The third kappa shape index (κ3) is 2.94. The second kappa shape index (κ2) is 5.13. The predicted molar refractivity (Wildman–Crippen MR) is 74.1 cm³/mol. The summed E-state index contributed by atoms with van der Waals surface area (Å²) in [6, 6.07) is 13.5. The van der Waals surface area contributed by atoms with Gasteiger partial charge in [0.05, 0.1) is 0 Å². The molecule has 4 heteroatoms. The quantitative estimate of drug-likeness (QED) is 0.803. The van der Waals surface area contributed by atoms with Crippen LogP contribution in [-0.2, 0) is 0 Å². The van der Waals surface area contributed by atoms with Gasteiger partial charge >= 0.3 is 0 Å². The lowest BCUT2D eigenvalue weighted by molar-refractivity contribution is 1.39. The zero-order valence-electron chi connectivity index (χ0n) is 8.28. The molecule has 0 saturated heterocycles. The predicted octanol–water partition coefficient (Wildman–Crippen LogP) is 4.84. The standard InChI is InChI=1S/C12H9BrClNS/c13-8-4-5-11(15)12(6-8)16-10-3-1-2-9(14)7-10/h1-7H,15H2. The average Bonchev–Trinajstić information content (AvgIpc) is 2.24. The monoisotopic (exact) mass is 313 g/mol. The highest BCUT2D eigenvalue weighted by Crippen LogP contribution is 2.34. The highest BCUT2D eigenvalue weighted by atomic mass is 79.9. The van der Waals surface area contributed by atoms with Crippen LogP contribution in [0.15, 0.2) is 56.7 Å². The molecule has 0 unspecified atom stereocenters. The van der Waals surface area contributed by atoms with Crippen LogP contribution >= 0.6 is 39.3 Å². The Bertz CT molecular complexity index is 516. The minimum Gasteiger partial charge on any atom is -0.398 e. The summed E-state index contributed by atoms with van der Waals surface area (Å²) in [5.74, 6) is 0. The first-order valence-electron chi connectivity index (χ1n) is 4.63. The molecule has 0 fully saturated rings. The van der Waals surface area contributed by atoms with Gasteiger partial charge in [-0.25, -0.2) is 0 Å². The maximum absolute atomic E-state index is 5.93. The van der Waals surface area contributed by atoms with E-state index < -0.39 is 0 Å². The van der Waals surface area contributed by atoms with Gasteiger partial charge in [-0.15, -0.1) is 0 Å². The SMILES string of the molecule is Nc1ccc(Br)cc1Sc1cccc(Cl)c1. The van der Waals surface area contributed by atoms with Gasteiger partial charge in [0.2, 0.25) is 0 Å². The van der Waals surface area contributed by atoms with Crippen LogP contribution in [0, 0.1) is 0 Å². The van der Waals surface area contributed by atoms with E-state index in [9.17, 15) is 0 Å². The Kier molecular flexibility index (Phi) is 3.79. The smallest absolute Gasteiger partial charge is 0.0456 e. The summed E-state index contributed by atoms with van der Waals surface area (Å²) in [5, 5.41) is 0.735. The minimum atomic E-state index is 0.735. The molecule has 0 aliphatic rings. The molecule has 0 amide bonds. The molecule has 0 aliphatic heterocycles. The van der Waals surface area contributed by atoms with Gasteiger partial charge in [-0.2, -0.15) is 0 Å². The molecule has 16 heavy (non-hydrogen) atoms. The van der Waals surface area contributed by atoms with Crippen molar-refractivity contribution in [2.75, 3.05) is 5.73 Å². The van der Waals surface area contributed by atoms with Crippen molar-refractivity contribution >= 4 is 45.0 Å². The fraction of sp³-hybridized carbons (Fsp3) is 0. The summed E-state index contributed by atoms with van der Waals surface area (Å²) < 4.78 is 1.02. The summed E-state index contributed by atoms with van der Waals surface area (Å²) in [4.78, 5) is 2.11. The molecule has 0 atom stereocenters. The topological polar surface area (TPSA) is 26.0 Å². The van der Waals surface area contributed by atoms with E-state index in [0.717, 1.165) is 25.0 Å². The Morgan fingerprint density at radius 2 is 1.94 bits per heavy atom. The average molecular weight is 315 g/mol. The van der Waals surface area contributed by atoms with Gasteiger partial charge in [0, 0.05) is 25.0 Å². The van der Waals surface area contributed by atoms with E-state index in [2.05, 4.69) is 15.9 Å². The molecular formula is C12H9BrClNS. The van der Waals surface area contributed by atoms with Crippen LogP contribution in [0.25, 0.3) is 0 Å². The molecule has 0 saturated carbocycles. The van der Waals surface area contributed by atoms with Gasteiger partial charge in [-0.1, -0.05) is 45.4 Å². The minimum absolute atomic E-state index is 0.735. The van der Waals surface area contributed by atoms with Crippen molar-refractivity contribution in [1.82, 2.24) is 0 Å². The maximum atomic E-state index is 5.93. The molecule has 0 bridgehead atoms. The van der Waals surface area contributed by atoms with Gasteiger partial charge in [0.15, 0.2) is 0 Å². The van der Waals surface area contributed by atoms with Crippen LogP contribution in [0.1, 0.15) is 0 Å². The lowest BCUT2D eigenvalue weighted by Crippen LogP contribution is -1.87. The van der Waals surface area contributed by atoms with E-state index in [-0.39, 0.29) is 0 Å². The van der Waals surface area contributed by atoms with Crippen molar-refractivity contribution < 1.29 is 0 Å².